The Kier molecular flexibility index (Phi) is 4.61. The zero-order chi connectivity index (χ0) is 17.1. The van der Waals surface area contributed by atoms with Gasteiger partial charge in [0.2, 0.25) is 5.95 Å². The van der Waals surface area contributed by atoms with Crippen molar-refractivity contribution >= 4 is 16.7 Å². The SMILES string of the molecule is OC[C@H]1CCCCN(c2nccc(-c3ccc4ccccc4c3)n2)C1. The van der Waals surface area contributed by atoms with Crippen molar-refractivity contribution in [2.24, 2.45) is 5.92 Å². The van der Waals surface area contributed by atoms with E-state index >= 15 is 0 Å². The van der Waals surface area contributed by atoms with Gasteiger partial charge < -0.3 is 10.0 Å². The lowest BCUT2D eigenvalue weighted by Crippen LogP contribution is -2.31. The number of aliphatic hydroxyl groups excluding tert-OH is 1. The molecule has 4 rings (SSSR count). The molecular formula is C21H23N3O. The van der Waals surface area contributed by atoms with Crippen molar-refractivity contribution in [3.8, 4) is 11.3 Å². The number of anilines is 1. The second-order valence-corrected chi connectivity index (χ2v) is 6.79. The second-order valence-electron chi connectivity index (χ2n) is 6.79. The molecule has 0 saturated carbocycles. The first kappa shape index (κ1) is 16.0. The molecular weight excluding hydrogens is 310 g/mol. The molecule has 3 aromatic rings. The molecule has 2 aromatic carbocycles. The molecule has 0 radical (unpaired) electrons. The Balaban J connectivity index is 1.66. The van der Waals surface area contributed by atoms with Gasteiger partial charge in [0, 0.05) is 31.5 Å². The highest BCUT2D eigenvalue weighted by atomic mass is 16.3. The van der Waals surface area contributed by atoms with Gasteiger partial charge in [-0.3, -0.25) is 0 Å². The van der Waals surface area contributed by atoms with E-state index < -0.39 is 0 Å². The summed E-state index contributed by atoms with van der Waals surface area (Å²) >= 11 is 0. The Labute approximate surface area is 148 Å². The lowest BCUT2D eigenvalue weighted by molar-refractivity contribution is 0.223. The molecule has 1 aromatic heterocycles. The zero-order valence-electron chi connectivity index (χ0n) is 14.3. The van der Waals surface area contributed by atoms with Crippen molar-refractivity contribution in [2.45, 2.75) is 19.3 Å². The highest BCUT2D eigenvalue weighted by Gasteiger charge is 2.19. The fourth-order valence-electron chi connectivity index (χ4n) is 3.57. The van der Waals surface area contributed by atoms with E-state index in [2.05, 4.69) is 52.3 Å². The minimum Gasteiger partial charge on any atom is -0.396 e. The number of hydrogen-bond donors (Lipinski definition) is 1. The summed E-state index contributed by atoms with van der Waals surface area (Å²) in [7, 11) is 0. The maximum absolute atomic E-state index is 9.55. The van der Waals surface area contributed by atoms with Gasteiger partial charge in [-0.15, -0.1) is 0 Å². The van der Waals surface area contributed by atoms with Crippen LogP contribution in [-0.4, -0.2) is 34.8 Å². The first-order valence-corrected chi connectivity index (χ1v) is 9.01. The predicted octanol–water partition coefficient (Wildman–Crippen LogP) is 3.90. The van der Waals surface area contributed by atoms with Gasteiger partial charge in [-0.05, 0) is 41.7 Å². The van der Waals surface area contributed by atoms with Crippen LogP contribution >= 0.6 is 0 Å². The number of nitrogens with zero attached hydrogens (tertiary/aromatic N) is 3. The number of aliphatic hydroxyl groups is 1. The molecule has 0 aliphatic carbocycles. The van der Waals surface area contributed by atoms with Gasteiger partial charge in [0.05, 0.1) is 5.69 Å². The maximum atomic E-state index is 9.55. The summed E-state index contributed by atoms with van der Waals surface area (Å²) in [6.45, 7) is 2.02. The minimum atomic E-state index is 0.237. The molecule has 0 spiro atoms. The average Bonchev–Trinajstić information content (AvgIpc) is 2.93. The van der Waals surface area contributed by atoms with Gasteiger partial charge >= 0.3 is 0 Å². The van der Waals surface area contributed by atoms with Crippen molar-refractivity contribution in [3.63, 3.8) is 0 Å². The second kappa shape index (κ2) is 7.19. The van der Waals surface area contributed by atoms with Crippen LogP contribution < -0.4 is 4.90 Å². The molecule has 1 aliphatic rings. The first-order chi connectivity index (χ1) is 12.3. The zero-order valence-corrected chi connectivity index (χ0v) is 14.3. The van der Waals surface area contributed by atoms with Gasteiger partial charge in [-0.25, -0.2) is 9.97 Å². The number of fused-ring (bicyclic) bond motifs is 1. The Bertz CT molecular complexity index is 864. The van der Waals surface area contributed by atoms with Crippen LogP contribution in [0, 0.1) is 5.92 Å². The van der Waals surface area contributed by atoms with E-state index in [0.717, 1.165) is 49.6 Å². The normalized spacial score (nSPS) is 18.3. The first-order valence-electron chi connectivity index (χ1n) is 9.01. The quantitative estimate of drug-likeness (QED) is 0.790. The molecule has 0 bridgehead atoms. The Morgan fingerprint density at radius 1 is 1.04 bits per heavy atom. The van der Waals surface area contributed by atoms with Gasteiger partial charge in [0.25, 0.3) is 0 Å². The van der Waals surface area contributed by atoms with Crippen LogP contribution in [0.3, 0.4) is 0 Å². The fourth-order valence-corrected chi connectivity index (χ4v) is 3.57. The number of rotatable bonds is 3. The van der Waals surface area contributed by atoms with Crippen LogP contribution in [0.25, 0.3) is 22.0 Å². The van der Waals surface area contributed by atoms with Crippen molar-refractivity contribution in [2.75, 3.05) is 24.6 Å². The van der Waals surface area contributed by atoms with Crippen molar-refractivity contribution in [1.82, 2.24) is 9.97 Å². The van der Waals surface area contributed by atoms with E-state index in [1.807, 2.05) is 12.3 Å². The van der Waals surface area contributed by atoms with Crippen LogP contribution in [-0.2, 0) is 0 Å². The van der Waals surface area contributed by atoms with Gasteiger partial charge in [0.1, 0.15) is 0 Å². The summed E-state index contributed by atoms with van der Waals surface area (Å²) in [5.41, 5.74) is 2.05. The standard InChI is InChI=1S/C21H23N3O/c25-15-16-5-3-4-12-24(14-16)21-22-11-10-20(23-21)19-9-8-17-6-1-2-7-18(17)13-19/h1-2,6-11,13,16,25H,3-5,12,14-15H2/t16-/m0/s1. The molecule has 4 nitrogen and oxygen atoms in total. The topological polar surface area (TPSA) is 49.2 Å². The van der Waals surface area contributed by atoms with Crippen LogP contribution in [0.1, 0.15) is 19.3 Å². The molecule has 0 unspecified atom stereocenters. The molecule has 1 N–H and O–H groups in total. The van der Waals surface area contributed by atoms with Crippen molar-refractivity contribution in [3.05, 3.63) is 54.7 Å². The summed E-state index contributed by atoms with van der Waals surface area (Å²) in [6.07, 6.45) is 5.20. The summed E-state index contributed by atoms with van der Waals surface area (Å²) in [6, 6.07) is 16.8. The number of benzene rings is 2. The van der Waals surface area contributed by atoms with E-state index in [9.17, 15) is 5.11 Å². The number of aromatic nitrogens is 2. The smallest absolute Gasteiger partial charge is 0.225 e. The lowest BCUT2D eigenvalue weighted by atomic mass is 10.0. The van der Waals surface area contributed by atoms with E-state index in [-0.39, 0.29) is 6.61 Å². The molecule has 128 valence electrons. The highest BCUT2D eigenvalue weighted by molar-refractivity contribution is 5.86. The van der Waals surface area contributed by atoms with Crippen LogP contribution in [0.2, 0.25) is 0 Å². The summed E-state index contributed by atoms with van der Waals surface area (Å²) in [5.74, 6) is 1.08. The lowest BCUT2D eigenvalue weighted by Gasteiger charge is -2.23. The van der Waals surface area contributed by atoms with Crippen LogP contribution in [0.15, 0.2) is 54.7 Å². The fraction of sp³-hybridized carbons (Fsp3) is 0.333. The van der Waals surface area contributed by atoms with Crippen LogP contribution in [0.5, 0.6) is 0 Å². The van der Waals surface area contributed by atoms with Gasteiger partial charge in [0.15, 0.2) is 0 Å². The van der Waals surface area contributed by atoms with E-state index in [0.29, 0.717) is 5.92 Å². The Morgan fingerprint density at radius 2 is 1.92 bits per heavy atom. The highest BCUT2D eigenvalue weighted by Crippen LogP contribution is 2.25. The van der Waals surface area contributed by atoms with E-state index in [1.165, 1.54) is 10.8 Å². The summed E-state index contributed by atoms with van der Waals surface area (Å²) in [4.78, 5) is 11.5. The van der Waals surface area contributed by atoms with Gasteiger partial charge in [-0.1, -0.05) is 42.8 Å². The number of hydrogen-bond acceptors (Lipinski definition) is 4. The summed E-state index contributed by atoms with van der Waals surface area (Å²) in [5, 5.41) is 12.0. The van der Waals surface area contributed by atoms with Crippen molar-refractivity contribution < 1.29 is 5.11 Å². The Morgan fingerprint density at radius 3 is 2.80 bits per heavy atom. The average molecular weight is 333 g/mol. The monoisotopic (exact) mass is 333 g/mol. The van der Waals surface area contributed by atoms with Crippen molar-refractivity contribution in [1.29, 1.82) is 0 Å². The third-order valence-electron chi connectivity index (χ3n) is 5.00. The minimum absolute atomic E-state index is 0.237. The molecule has 0 amide bonds. The molecule has 1 aliphatic heterocycles. The molecule has 25 heavy (non-hydrogen) atoms. The molecule has 1 fully saturated rings. The third kappa shape index (κ3) is 3.49. The maximum Gasteiger partial charge on any atom is 0.225 e. The predicted molar refractivity (Wildman–Crippen MR) is 102 cm³/mol. The molecule has 1 saturated heterocycles. The van der Waals surface area contributed by atoms with E-state index in [4.69, 9.17) is 4.98 Å². The third-order valence-corrected chi connectivity index (χ3v) is 5.00. The largest absolute Gasteiger partial charge is 0.396 e. The summed E-state index contributed by atoms with van der Waals surface area (Å²) < 4.78 is 0. The Hall–Kier alpha value is -2.46. The molecule has 1 atom stereocenters. The van der Waals surface area contributed by atoms with Crippen LogP contribution in [0.4, 0.5) is 5.95 Å². The van der Waals surface area contributed by atoms with E-state index in [1.54, 1.807) is 0 Å². The molecule has 2 heterocycles. The van der Waals surface area contributed by atoms with Gasteiger partial charge in [-0.2, -0.15) is 0 Å². The molecule has 4 heteroatoms.